The van der Waals surface area contributed by atoms with E-state index in [1.807, 2.05) is 20.8 Å². The summed E-state index contributed by atoms with van der Waals surface area (Å²) in [4.78, 5) is 15.8. The number of likely N-dealkylation sites (tertiary alicyclic amines) is 1. The van der Waals surface area contributed by atoms with Crippen LogP contribution < -0.4 is 0 Å². The van der Waals surface area contributed by atoms with Crippen molar-refractivity contribution in [1.82, 2.24) is 9.80 Å². The molecule has 0 spiro atoms. The molecule has 0 aromatic rings. The van der Waals surface area contributed by atoms with E-state index in [0.29, 0.717) is 0 Å². The molecule has 1 aliphatic heterocycles. The molecule has 4 nitrogen and oxygen atoms in total. The van der Waals surface area contributed by atoms with Crippen molar-refractivity contribution in [2.24, 2.45) is 5.92 Å². The Morgan fingerprint density at radius 2 is 1.70 bits per heavy atom. The first-order chi connectivity index (χ1) is 9.38. The molecule has 1 N–H and O–H groups in total. The van der Waals surface area contributed by atoms with Gasteiger partial charge in [0.15, 0.2) is 0 Å². The minimum absolute atomic E-state index is 0.210. The van der Waals surface area contributed by atoms with Gasteiger partial charge in [0.2, 0.25) is 0 Å². The van der Waals surface area contributed by atoms with Crippen molar-refractivity contribution < 1.29 is 9.90 Å². The Balaban J connectivity index is 1.84. The normalized spacial score (nSPS) is 28.6. The summed E-state index contributed by atoms with van der Waals surface area (Å²) in [5, 5.41) is 9.47. The van der Waals surface area contributed by atoms with Gasteiger partial charge in [0, 0.05) is 18.1 Å². The molecule has 1 heterocycles. The van der Waals surface area contributed by atoms with Gasteiger partial charge in [-0.1, -0.05) is 0 Å². The van der Waals surface area contributed by atoms with Crippen LogP contribution in [0.4, 0.5) is 4.79 Å². The number of carbonyl (C=O) groups is 1. The minimum atomic E-state index is -0.763. The highest BCUT2D eigenvalue weighted by Gasteiger charge is 2.35. The van der Waals surface area contributed by atoms with E-state index in [4.69, 9.17) is 0 Å². The lowest BCUT2D eigenvalue weighted by Crippen LogP contribution is -2.52. The van der Waals surface area contributed by atoms with Crippen LogP contribution in [-0.4, -0.2) is 52.2 Å². The van der Waals surface area contributed by atoms with Gasteiger partial charge in [0.25, 0.3) is 0 Å². The molecule has 0 atom stereocenters. The summed E-state index contributed by atoms with van der Waals surface area (Å²) >= 11 is 0. The van der Waals surface area contributed by atoms with E-state index in [1.54, 1.807) is 4.90 Å². The first kappa shape index (κ1) is 15.6. The molecule has 2 aliphatic rings. The predicted molar refractivity (Wildman–Crippen MR) is 81.0 cm³/mol. The van der Waals surface area contributed by atoms with Crippen LogP contribution in [0.15, 0.2) is 0 Å². The molecule has 0 bridgehead atoms. The molecule has 0 radical (unpaired) electrons. The van der Waals surface area contributed by atoms with E-state index in [0.717, 1.165) is 18.8 Å². The van der Waals surface area contributed by atoms with Crippen molar-refractivity contribution in [3.63, 3.8) is 0 Å². The second kappa shape index (κ2) is 6.33. The van der Waals surface area contributed by atoms with Crippen LogP contribution in [0.1, 0.15) is 59.3 Å². The summed E-state index contributed by atoms with van der Waals surface area (Å²) in [5.74, 6) is 0.778. The molecule has 0 aromatic carbocycles. The third-order valence-corrected chi connectivity index (χ3v) is 4.83. The first-order valence-corrected chi connectivity index (χ1v) is 8.12. The Hall–Kier alpha value is -0.770. The van der Waals surface area contributed by atoms with Gasteiger partial charge in [-0.2, -0.15) is 0 Å². The Morgan fingerprint density at radius 3 is 2.15 bits per heavy atom. The highest BCUT2D eigenvalue weighted by Crippen LogP contribution is 2.32. The molecule has 2 fully saturated rings. The molecular formula is C16H30N2O2. The average molecular weight is 282 g/mol. The highest BCUT2D eigenvalue weighted by molar-refractivity contribution is 5.66. The molecule has 1 saturated heterocycles. The maximum Gasteiger partial charge on any atom is 0.407 e. The smallest absolute Gasteiger partial charge is 0.407 e. The Bertz CT molecular complexity index is 324. The lowest BCUT2D eigenvalue weighted by molar-refractivity contribution is 0.0477. The lowest BCUT2D eigenvalue weighted by atomic mass is 9.83. The molecule has 0 aromatic heterocycles. The maximum absolute atomic E-state index is 11.5. The molecule has 0 unspecified atom stereocenters. The lowest BCUT2D eigenvalue weighted by Gasteiger charge is -2.43. The van der Waals surface area contributed by atoms with Crippen molar-refractivity contribution >= 4 is 6.09 Å². The minimum Gasteiger partial charge on any atom is -0.465 e. The third kappa shape index (κ3) is 3.87. The standard InChI is InChI=1S/C16H30N2O2/c1-16(2,3)18(15(19)20)14-8-6-13(7-9-14)12-17-10-4-5-11-17/h13-14H,4-12H2,1-3H3,(H,19,20). The number of hydrogen-bond acceptors (Lipinski definition) is 2. The van der Waals surface area contributed by atoms with E-state index in [2.05, 4.69) is 4.90 Å². The van der Waals surface area contributed by atoms with E-state index < -0.39 is 6.09 Å². The number of rotatable bonds is 3. The van der Waals surface area contributed by atoms with Crippen molar-refractivity contribution in [2.45, 2.75) is 70.9 Å². The van der Waals surface area contributed by atoms with Crippen LogP contribution in [-0.2, 0) is 0 Å². The van der Waals surface area contributed by atoms with Gasteiger partial charge in [0.05, 0.1) is 0 Å². The van der Waals surface area contributed by atoms with Gasteiger partial charge in [-0.05, 0) is 78.3 Å². The fourth-order valence-corrected chi connectivity index (χ4v) is 3.91. The first-order valence-electron chi connectivity index (χ1n) is 8.12. The van der Waals surface area contributed by atoms with Gasteiger partial charge in [-0.25, -0.2) is 4.79 Å². The van der Waals surface area contributed by atoms with Gasteiger partial charge < -0.3 is 14.9 Å². The van der Waals surface area contributed by atoms with Crippen LogP contribution in [0.5, 0.6) is 0 Å². The van der Waals surface area contributed by atoms with Gasteiger partial charge in [-0.3, -0.25) is 0 Å². The maximum atomic E-state index is 11.5. The van der Waals surface area contributed by atoms with Crippen LogP contribution >= 0.6 is 0 Å². The van der Waals surface area contributed by atoms with Crippen LogP contribution in [0, 0.1) is 5.92 Å². The number of carboxylic acid groups (broad SMARTS) is 1. The summed E-state index contributed by atoms with van der Waals surface area (Å²) in [6, 6.07) is 0.210. The van der Waals surface area contributed by atoms with Crippen molar-refractivity contribution in [2.75, 3.05) is 19.6 Å². The predicted octanol–water partition coefficient (Wildman–Crippen LogP) is 3.42. The molecule has 20 heavy (non-hydrogen) atoms. The van der Waals surface area contributed by atoms with Gasteiger partial charge >= 0.3 is 6.09 Å². The van der Waals surface area contributed by atoms with E-state index in [-0.39, 0.29) is 11.6 Å². The Morgan fingerprint density at radius 1 is 1.15 bits per heavy atom. The molecule has 1 amide bonds. The van der Waals surface area contributed by atoms with Gasteiger partial charge in [0.1, 0.15) is 0 Å². The molecular weight excluding hydrogens is 252 g/mol. The van der Waals surface area contributed by atoms with E-state index in [1.165, 1.54) is 45.3 Å². The molecule has 4 heteroatoms. The van der Waals surface area contributed by atoms with Crippen molar-refractivity contribution in [3.8, 4) is 0 Å². The summed E-state index contributed by atoms with van der Waals surface area (Å²) < 4.78 is 0. The van der Waals surface area contributed by atoms with Crippen LogP contribution in [0.25, 0.3) is 0 Å². The molecule has 116 valence electrons. The Kier molecular flexibility index (Phi) is 4.95. The molecule has 2 rings (SSSR count). The van der Waals surface area contributed by atoms with E-state index >= 15 is 0 Å². The number of hydrogen-bond donors (Lipinski definition) is 1. The average Bonchev–Trinajstić information content (AvgIpc) is 2.82. The third-order valence-electron chi connectivity index (χ3n) is 4.83. The zero-order valence-corrected chi connectivity index (χ0v) is 13.3. The zero-order chi connectivity index (χ0) is 14.8. The molecule has 1 aliphatic carbocycles. The molecule has 1 saturated carbocycles. The van der Waals surface area contributed by atoms with Crippen LogP contribution in [0.3, 0.4) is 0 Å². The van der Waals surface area contributed by atoms with E-state index in [9.17, 15) is 9.90 Å². The summed E-state index contributed by atoms with van der Waals surface area (Å²) in [7, 11) is 0. The summed E-state index contributed by atoms with van der Waals surface area (Å²) in [5.41, 5.74) is -0.293. The largest absolute Gasteiger partial charge is 0.465 e. The quantitative estimate of drug-likeness (QED) is 0.862. The fourth-order valence-electron chi connectivity index (χ4n) is 3.91. The second-order valence-corrected chi connectivity index (χ2v) is 7.51. The highest BCUT2D eigenvalue weighted by atomic mass is 16.4. The second-order valence-electron chi connectivity index (χ2n) is 7.51. The topological polar surface area (TPSA) is 43.8 Å². The monoisotopic (exact) mass is 282 g/mol. The van der Waals surface area contributed by atoms with Crippen LogP contribution in [0.2, 0.25) is 0 Å². The fraction of sp³-hybridized carbons (Fsp3) is 0.938. The van der Waals surface area contributed by atoms with Crippen molar-refractivity contribution in [3.05, 3.63) is 0 Å². The summed E-state index contributed by atoms with van der Waals surface area (Å²) in [6.07, 6.45) is 6.37. The number of nitrogens with zero attached hydrogens (tertiary/aromatic N) is 2. The zero-order valence-electron chi connectivity index (χ0n) is 13.3. The van der Waals surface area contributed by atoms with Gasteiger partial charge in [-0.15, -0.1) is 0 Å². The SMILES string of the molecule is CC(C)(C)N(C(=O)O)C1CCC(CN2CCCC2)CC1. The Labute approximate surface area is 123 Å². The number of amides is 1. The summed E-state index contributed by atoms with van der Waals surface area (Å²) in [6.45, 7) is 9.76. The van der Waals surface area contributed by atoms with Crippen molar-refractivity contribution in [1.29, 1.82) is 0 Å².